The van der Waals surface area contributed by atoms with Crippen LogP contribution in [0.5, 0.6) is 0 Å². The van der Waals surface area contributed by atoms with E-state index in [0.717, 1.165) is 5.56 Å². The molecular formula is C18H15Cl2FN2O2S. The molecule has 0 amide bonds. The minimum Gasteiger partial charge on any atom is -0.383 e. The van der Waals surface area contributed by atoms with E-state index in [1.54, 1.807) is 35.9 Å². The molecule has 0 aliphatic carbocycles. The Balaban J connectivity index is 2.00. The molecule has 0 spiro atoms. The second-order valence-corrected chi connectivity index (χ2v) is 7.32. The molecule has 0 saturated heterocycles. The van der Waals surface area contributed by atoms with Crippen LogP contribution in [0.2, 0.25) is 10.0 Å². The van der Waals surface area contributed by atoms with Crippen molar-refractivity contribution in [2.75, 3.05) is 13.7 Å². The average Bonchev–Trinajstić information content (AvgIpc) is 2.60. The number of benzene rings is 2. The monoisotopic (exact) mass is 412 g/mol. The molecule has 0 aliphatic rings. The topological polar surface area (TPSA) is 44.1 Å². The fourth-order valence-electron chi connectivity index (χ4n) is 2.44. The van der Waals surface area contributed by atoms with Gasteiger partial charge in [0.1, 0.15) is 5.82 Å². The predicted octanol–water partition coefficient (Wildman–Crippen LogP) is 4.78. The van der Waals surface area contributed by atoms with E-state index in [2.05, 4.69) is 4.98 Å². The van der Waals surface area contributed by atoms with Crippen LogP contribution in [0.25, 0.3) is 10.9 Å². The van der Waals surface area contributed by atoms with Gasteiger partial charge in [-0.15, -0.1) is 0 Å². The number of thioether (sulfide) groups is 1. The number of fused-ring (bicyclic) bond motifs is 1. The van der Waals surface area contributed by atoms with Gasteiger partial charge in [-0.05, 0) is 35.9 Å². The molecule has 3 aromatic rings. The second-order valence-electron chi connectivity index (χ2n) is 5.53. The third-order valence-corrected chi connectivity index (χ3v) is 5.39. The van der Waals surface area contributed by atoms with Crippen molar-refractivity contribution in [2.45, 2.75) is 17.5 Å². The van der Waals surface area contributed by atoms with Crippen molar-refractivity contribution in [3.05, 3.63) is 68.2 Å². The molecular weight excluding hydrogens is 398 g/mol. The van der Waals surface area contributed by atoms with Crippen LogP contribution in [0.3, 0.4) is 0 Å². The molecule has 0 radical (unpaired) electrons. The first-order valence-electron chi connectivity index (χ1n) is 7.75. The molecule has 1 aromatic heterocycles. The van der Waals surface area contributed by atoms with Gasteiger partial charge < -0.3 is 4.74 Å². The Morgan fingerprint density at radius 3 is 2.77 bits per heavy atom. The van der Waals surface area contributed by atoms with Gasteiger partial charge in [-0.3, -0.25) is 9.36 Å². The molecule has 0 aliphatic heterocycles. The van der Waals surface area contributed by atoms with Crippen LogP contribution in [-0.2, 0) is 17.0 Å². The summed E-state index contributed by atoms with van der Waals surface area (Å²) in [5, 5.41) is 1.88. The fraction of sp³-hybridized carbons (Fsp3) is 0.222. The Bertz CT molecular complexity index is 1010. The van der Waals surface area contributed by atoms with Crippen LogP contribution in [0.15, 0.2) is 46.3 Å². The van der Waals surface area contributed by atoms with Crippen molar-refractivity contribution in [3.8, 4) is 0 Å². The zero-order valence-corrected chi connectivity index (χ0v) is 16.2. The molecule has 0 fully saturated rings. The lowest BCUT2D eigenvalue weighted by Crippen LogP contribution is -2.25. The quantitative estimate of drug-likeness (QED) is 0.431. The molecule has 0 atom stereocenters. The molecule has 4 nitrogen and oxygen atoms in total. The lowest BCUT2D eigenvalue weighted by molar-refractivity contribution is 0.183. The summed E-state index contributed by atoms with van der Waals surface area (Å²) in [5.74, 6) is 0.0594. The molecule has 0 unspecified atom stereocenters. The SMILES string of the molecule is COCCn1c(SCc2ccc(F)cc2Cl)nc2cc(Cl)ccc2c1=O. The summed E-state index contributed by atoms with van der Waals surface area (Å²) in [4.78, 5) is 17.4. The van der Waals surface area contributed by atoms with Gasteiger partial charge in [0.15, 0.2) is 5.16 Å². The van der Waals surface area contributed by atoms with E-state index in [1.807, 2.05) is 0 Å². The maximum Gasteiger partial charge on any atom is 0.262 e. The zero-order chi connectivity index (χ0) is 18.7. The van der Waals surface area contributed by atoms with Crippen LogP contribution in [-0.4, -0.2) is 23.3 Å². The summed E-state index contributed by atoms with van der Waals surface area (Å²) >= 11 is 13.5. The van der Waals surface area contributed by atoms with Crippen molar-refractivity contribution < 1.29 is 9.13 Å². The van der Waals surface area contributed by atoms with Crippen LogP contribution in [0, 0.1) is 5.82 Å². The third-order valence-electron chi connectivity index (χ3n) is 3.77. The number of rotatable bonds is 6. The number of nitrogens with zero attached hydrogens (tertiary/aromatic N) is 2. The Hall–Kier alpha value is -1.60. The summed E-state index contributed by atoms with van der Waals surface area (Å²) in [6, 6.07) is 9.24. The summed E-state index contributed by atoms with van der Waals surface area (Å²) < 4.78 is 19.9. The fourth-order valence-corrected chi connectivity index (χ4v) is 3.95. The van der Waals surface area contributed by atoms with E-state index < -0.39 is 0 Å². The van der Waals surface area contributed by atoms with Gasteiger partial charge in [0.25, 0.3) is 5.56 Å². The molecule has 26 heavy (non-hydrogen) atoms. The molecule has 3 rings (SSSR count). The molecule has 136 valence electrons. The van der Waals surface area contributed by atoms with Gasteiger partial charge in [-0.25, -0.2) is 9.37 Å². The molecule has 8 heteroatoms. The highest BCUT2D eigenvalue weighted by atomic mass is 35.5. The van der Waals surface area contributed by atoms with Crippen molar-refractivity contribution in [1.82, 2.24) is 9.55 Å². The van der Waals surface area contributed by atoms with Crippen molar-refractivity contribution in [2.24, 2.45) is 0 Å². The average molecular weight is 413 g/mol. The van der Waals surface area contributed by atoms with E-state index in [9.17, 15) is 9.18 Å². The van der Waals surface area contributed by atoms with E-state index in [0.29, 0.717) is 45.0 Å². The third kappa shape index (κ3) is 4.20. The maximum absolute atomic E-state index is 13.2. The number of hydrogen-bond acceptors (Lipinski definition) is 4. The van der Waals surface area contributed by atoms with Gasteiger partial charge in [0.2, 0.25) is 0 Å². The first-order chi connectivity index (χ1) is 12.5. The predicted molar refractivity (Wildman–Crippen MR) is 104 cm³/mol. The molecule has 0 saturated carbocycles. The highest BCUT2D eigenvalue weighted by Crippen LogP contribution is 2.27. The molecule has 2 aromatic carbocycles. The highest BCUT2D eigenvalue weighted by molar-refractivity contribution is 7.98. The van der Waals surface area contributed by atoms with Crippen LogP contribution in [0.1, 0.15) is 5.56 Å². The Morgan fingerprint density at radius 1 is 1.23 bits per heavy atom. The van der Waals surface area contributed by atoms with Crippen LogP contribution < -0.4 is 5.56 Å². The molecule has 0 N–H and O–H groups in total. The van der Waals surface area contributed by atoms with Gasteiger partial charge in [-0.2, -0.15) is 0 Å². The first-order valence-corrected chi connectivity index (χ1v) is 9.49. The maximum atomic E-state index is 13.2. The van der Waals surface area contributed by atoms with Crippen LogP contribution >= 0.6 is 35.0 Å². The van der Waals surface area contributed by atoms with Gasteiger partial charge in [0, 0.05) is 22.9 Å². The Morgan fingerprint density at radius 2 is 2.04 bits per heavy atom. The van der Waals surface area contributed by atoms with Gasteiger partial charge in [0.05, 0.1) is 24.1 Å². The lowest BCUT2D eigenvalue weighted by Gasteiger charge is -2.13. The minimum absolute atomic E-state index is 0.156. The Labute approximate surface area is 163 Å². The van der Waals surface area contributed by atoms with Crippen molar-refractivity contribution in [1.29, 1.82) is 0 Å². The van der Waals surface area contributed by atoms with Crippen molar-refractivity contribution in [3.63, 3.8) is 0 Å². The second kappa shape index (κ2) is 8.39. The lowest BCUT2D eigenvalue weighted by atomic mass is 10.2. The molecule has 1 heterocycles. The highest BCUT2D eigenvalue weighted by Gasteiger charge is 2.13. The summed E-state index contributed by atoms with van der Waals surface area (Å²) in [6.07, 6.45) is 0. The van der Waals surface area contributed by atoms with Crippen molar-refractivity contribution >= 4 is 45.9 Å². The van der Waals surface area contributed by atoms with Gasteiger partial charge in [-0.1, -0.05) is 41.0 Å². The normalized spacial score (nSPS) is 11.2. The van der Waals surface area contributed by atoms with E-state index in [1.165, 1.54) is 23.9 Å². The summed E-state index contributed by atoms with van der Waals surface area (Å²) in [6.45, 7) is 0.756. The number of methoxy groups -OCH3 is 1. The van der Waals surface area contributed by atoms with Crippen LogP contribution in [0.4, 0.5) is 4.39 Å². The minimum atomic E-state index is -0.390. The molecule has 0 bridgehead atoms. The number of hydrogen-bond donors (Lipinski definition) is 0. The smallest absolute Gasteiger partial charge is 0.262 e. The first kappa shape index (κ1) is 19.2. The number of halogens is 3. The Kier molecular flexibility index (Phi) is 6.19. The van der Waals surface area contributed by atoms with E-state index in [-0.39, 0.29) is 11.4 Å². The largest absolute Gasteiger partial charge is 0.383 e. The summed E-state index contributed by atoms with van der Waals surface area (Å²) in [7, 11) is 1.57. The zero-order valence-electron chi connectivity index (χ0n) is 13.8. The number of aromatic nitrogens is 2. The van der Waals surface area contributed by atoms with Gasteiger partial charge >= 0.3 is 0 Å². The summed E-state index contributed by atoms with van der Waals surface area (Å²) in [5.41, 5.74) is 1.14. The standard InChI is InChI=1S/C18H15Cl2FN2O2S/c1-25-7-6-23-17(24)14-5-3-12(19)8-16(14)22-18(23)26-10-11-2-4-13(21)9-15(11)20/h2-5,8-9H,6-7,10H2,1H3. The van der Waals surface area contributed by atoms with E-state index in [4.69, 9.17) is 27.9 Å². The number of ether oxygens (including phenoxy) is 1. The van der Waals surface area contributed by atoms with E-state index >= 15 is 0 Å².